The van der Waals surface area contributed by atoms with Gasteiger partial charge in [0.25, 0.3) is 0 Å². The van der Waals surface area contributed by atoms with Gasteiger partial charge in [-0.15, -0.1) is 16.4 Å². The minimum absolute atomic E-state index is 0.107. The quantitative estimate of drug-likeness (QED) is 0.315. The predicted molar refractivity (Wildman–Crippen MR) is 128 cm³/mol. The Hall–Kier alpha value is -3.44. The van der Waals surface area contributed by atoms with Gasteiger partial charge in [0, 0.05) is 5.56 Å². The van der Waals surface area contributed by atoms with Gasteiger partial charge in [-0.3, -0.25) is 9.36 Å². The van der Waals surface area contributed by atoms with E-state index in [-0.39, 0.29) is 23.5 Å². The van der Waals surface area contributed by atoms with Crippen LogP contribution in [0.5, 0.6) is 0 Å². The second-order valence-corrected chi connectivity index (χ2v) is 9.63. The van der Waals surface area contributed by atoms with Crippen LogP contribution >= 0.6 is 22.9 Å². The summed E-state index contributed by atoms with van der Waals surface area (Å²) in [6.45, 7) is 0.724. The Labute approximate surface area is 211 Å². The van der Waals surface area contributed by atoms with Crippen LogP contribution in [-0.2, 0) is 24.1 Å². The lowest BCUT2D eigenvalue weighted by Gasteiger charge is -2.19. The van der Waals surface area contributed by atoms with Crippen molar-refractivity contribution in [3.05, 3.63) is 98.0 Å². The number of thiophene rings is 1. The smallest absolute Gasteiger partial charge is 0.348 e. The highest BCUT2D eigenvalue weighted by molar-refractivity contribution is 7.19. The summed E-state index contributed by atoms with van der Waals surface area (Å²) in [7, 11) is 0. The van der Waals surface area contributed by atoms with Crippen LogP contribution in [0.25, 0.3) is 10.7 Å². The second-order valence-electron chi connectivity index (χ2n) is 7.92. The van der Waals surface area contributed by atoms with Crippen molar-refractivity contribution in [3.8, 4) is 10.7 Å². The molecule has 12 heteroatoms. The highest BCUT2D eigenvalue weighted by atomic mass is 35.5. The minimum atomic E-state index is -4.59. The van der Waals surface area contributed by atoms with Crippen molar-refractivity contribution >= 4 is 28.8 Å². The summed E-state index contributed by atoms with van der Waals surface area (Å²) in [6, 6.07) is 13.1. The molecule has 0 bridgehead atoms. The largest absolute Gasteiger partial charge is 0.416 e. The van der Waals surface area contributed by atoms with Crippen LogP contribution in [0, 0.1) is 5.82 Å². The topological polar surface area (TPSA) is 68.9 Å². The molecule has 0 radical (unpaired) electrons. The lowest BCUT2D eigenvalue weighted by molar-refractivity contribution is -0.138. The Morgan fingerprint density at radius 2 is 1.81 bits per heavy atom. The summed E-state index contributed by atoms with van der Waals surface area (Å²) in [5.41, 5.74) is -1.41. The molecular formula is C24H19ClF4N4O2S. The van der Waals surface area contributed by atoms with Crippen molar-refractivity contribution in [2.24, 2.45) is 0 Å². The van der Waals surface area contributed by atoms with Gasteiger partial charge in [0.1, 0.15) is 12.4 Å². The lowest BCUT2D eigenvalue weighted by Crippen LogP contribution is -2.35. The van der Waals surface area contributed by atoms with E-state index in [4.69, 9.17) is 11.6 Å². The molecule has 4 aromatic rings. The molecule has 0 unspecified atom stereocenters. The first-order valence-corrected chi connectivity index (χ1v) is 11.9. The second kappa shape index (κ2) is 10.3. The molecule has 188 valence electrons. The molecule has 1 atom stereocenters. The van der Waals surface area contributed by atoms with Crippen LogP contribution in [0.3, 0.4) is 0 Å². The standard InChI is InChI=1S/C24H19ClF4N4O2S/c1-14(16-7-3-4-8-17(16)24(27,28)29)30-21(34)13-33-23(35)32(12-15-6-2-5-9-18(15)26)22(31-33)19-10-11-20(25)36-19/h2-11,14H,12-13H2,1H3,(H,30,34)/t14-/m0/s1. The van der Waals surface area contributed by atoms with E-state index < -0.39 is 41.7 Å². The molecule has 2 heterocycles. The fourth-order valence-corrected chi connectivity index (χ4v) is 4.77. The van der Waals surface area contributed by atoms with Gasteiger partial charge >= 0.3 is 11.9 Å². The van der Waals surface area contributed by atoms with Crippen LogP contribution in [-0.4, -0.2) is 20.3 Å². The van der Waals surface area contributed by atoms with Crippen LogP contribution < -0.4 is 11.0 Å². The number of alkyl halides is 3. The monoisotopic (exact) mass is 538 g/mol. The van der Waals surface area contributed by atoms with Gasteiger partial charge in [0.15, 0.2) is 5.82 Å². The number of carbonyl (C=O) groups excluding carboxylic acids is 1. The zero-order valence-corrected chi connectivity index (χ0v) is 20.3. The Balaban J connectivity index is 1.62. The molecular weight excluding hydrogens is 520 g/mol. The first kappa shape index (κ1) is 25.6. The van der Waals surface area contributed by atoms with E-state index in [2.05, 4.69) is 10.4 Å². The average Bonchev–Trinajstić information content (AvgIpc) is 3.38. The molecule has 2 aromatic carbocycles. The first-order chi connectivity index (χ1) is 17.0. The molecule has 2 aromatic heterocycles. The maximum atomic E-state index is 14.3. The highest BCUT2D eigenvalue weighted by Crippen LogP contribution is 2.34. The molecule has 0 aliphatic rings. The summed E-state index contributed by atoms with van der Waals surface area (Å²) in [5.74, 6) is -1.04. The minimum Gasteiger partial charge on any atom is -0.348 e. The molecule has 36 heavy (non-hydrogen) atoms. The zero-order valence-electron chi connectivity index (χ0n) is 18.7. The molecule has 0 saturated carbocycles. The summed E-state index contributed by atoms with van der Waals surface area (Å²) in [6.07, 6.45) is -4.59. The van der Waals surface area contributed by atoms with Crippen molar-refractivity contribution in [1.29, 1.82) is 0 Å². The van der Waals surface area contributed by atoms with Crippen molar-refractivity contribution in [2.75, 3.05) is 0 Å². The molecule has 4 rings (SSSR count). The molecule has 0 saturated heterocycles. The van der Waals surface area contributed by atoms with E-state index in [0.29, 0.717) is 9.21 Å². The average molecular weight is 539 g/mol. The van der Waals surface area contributed by atoms with Crippen molar-refractivity contribution < 1.29 is 22.4 Å². The Bertz CT molecular complexity index is 1460. The number of benzene rings is 2. The van der Waals surface area contributed by atoms with Gasteiger partial charge in [-0.05, 0) is 36.8 Å². The van der Waals surface area contributed by atoms with Crippen molar-refractivity contribution in [3.63, 3.8) is 0 Å². The van der Waals surface area contributed by atoms with Gasteiger partial charge in [-0.2, -0.15) is 13.2 Å². The van der Waals surface area contributed by atoms with E-state index in [0.717, 1.165) is 22.1 Å². The predicted octanol–water partition coefficient (Wildman–Crippen LogP) is 5.51. The first-order valence-electron chi connectivity index (χ1n) is 10.7. The van der Waals surface area contributed by atoms with E-state index in [1.807, 2.05) is 0 Å². The van der Waals surface area contributed by atoms with E-state index in [9.17, 15) is 27.2 Å². The fraction of sp³-hybridized carbons (Fsp3) is 0.208. The Morgan fingerprint density at radius 3 is 2.47 bits per heavy atom. The summed E-state index contributed by atoms with van der Waals surface area (Å²) >= 11 is 7.18. The number of hydrogen-bond donors (Lipinski definition) is 1. The number of rotatable bonds is 7. The number of amides is 1. The molecule has 1 N–H and O–H groups in total. The van der Waals surface area contributed by atoms with Crippen LogP contribution in [0.2, 0.25) is 4.34 Å². The summed E-state index contributed by atoms with van der Waals surface area (Å²) < 4.78 is 56.9. The molecule has 0 aliphatic carbocycles. The molecule has 0 fully saturated rings. The van der Waals surface area contributed by atoms with Gasteiger partial charge < -0.3 is 5.32 Å². The molecule has 1 amide bonds. The maximum Gasteiger partial charge on any atom is 0.416 e. The zero-order chi connectivity index (χ0) is 26.0. The van der Waals surface area contributed by atoms with Gasteiger partial charge in [-0.25, -0.2) is 13.9 Å². The normalized spacial score (nSPS) is 12.5. The van der Waals surface area contributed by atoms with E-state index in [1.165, 1.54) is 47.9 Å². The third kappa shape index (κ3) is 5.52. The number of aromatic nitrogens is 3. The van der Waals surface area contributed by atoms with E-state index >= 15 is 0 Å². The summed E-state index contributed by atoms with van der Waals surface area (Å²) in [5, 5.41) is 6.74. The van der Waals surface area contributed by atoms with Gasteiger partial charge in [-0.1, -0.05) is 48.0 Å². The van der Waals surface area contributed by atoms with E-state index in [1.54, 1.807) is 18.2 Å². The van der Waals surface area contributed by atoms with Gasteiger partial charge in [0.05, 0.1) is 27.4 Å². The fourth-order valence-electron chi connectivity index (χ4n) is 3.73. The number of carbonyl (C=O) groups is 1. The summed E-state index contributed by atoms with van der Waals surface area (Å²) in [4.78, 5) is 26.4. The van der Waals surface area contributed by atoms with Gasteiger partial charge in [0.2, 0.25) is 5.91 Å². The van der Waals surface area contributed by atoms with Crippen molar-refractivity contribution in [1.82, 2.24) is 19.7 Å². The molecule has 0 spiro atoms. The number of hydrogen-bond acceptors (Lipinski definition) is 4. The molecule has 6 nitrogen and oxygen atoms in total. The van der Waals surface area contributed by atoms with Crippen molar-refractivity contribution in [2.45, 2.75) is 32.2 Å². The maximum absolute atomic E-state index is 14.3. The number of halogens is 5. The van der Waals surface area contributed by atoms with Crippen LogP contribution in [0.4, 0.5) is 17.6 Å². The van der Waals surface area contributed by atoms with Crippen LogP contribution in [0.1, 0.15) is 29.7 Å². The third-order valence-corrected chi connectivity index (χ3v) is 6.63. The highest BCUT2D eigenvalue weighted by Gasteiger charge is 2.34. The van der Waals surface area contributed by atoms with Crippen LogP contribution in [0.15, 0.2) is 65.5 Å². The molecule has 0 aliphatic heterocycles. The SMILES string of the molecule is C[C@H](NC(=O)Cn1nc(-c2ccc(Cl)s2)n(Cc2ccccc2F)c1=O)c1ccccc1C(F)(F)F. The Morgan fingerprint density at radius 1 is 1.11 bits per heavy atom. The lowest BCUT2D eigenvalue weighted by atomic mass is 10.0. The third-order valence-electron chi connectivity index (χ3n) is 5.41. The Kier molecular flexibility index (Phi) is 7.32. The number of nitrogens with one attached hydrogen (secondary N) is 1. The number of nitrogens with zero attached hydrogens (tertiary/aromatic N) is 3.